The van der Waals surface area contributed by atoms with E-state index >= 15 is 0 Å². The van der Waals surface area contributed by atoms with Crippen LogP contribution in [0.1, 0.15) is 38.5 Å². The molecule has 4 heteroatoms. The van der Waals surface area contributed by atoms with Crippen LogP contribution in [0.25, 0.3) is 0 Å². The third kappa shape index (κ3) is 3.68. The van der Waals surface area contributed by atoms with Crippen LogP contribution < -0.4 is 10.5 Å². The van der Waals surface area contributed by atoms with E-state index in [4.69, 9.17) is 10.5 Å². The van der Waals surface area contributed by atoms with Crippen LogP contribution in [0.2, 0.25) is 0 Å². The van der Waals surface area contributed by atoms with E-state index in [1.807, 2.05) is 6.07 Å². The number of hydrogen-bond acceptors (Lipinski definition) is 3. The van der Waals surface area contributed by atoms with Crippen molar-refractivity contribution in [3.63, 3.8) is 0 Å². The zero-order valence-electron chi connectivity index (χ0n) is 9.99. The summed E-state index contributed by atoms with van der Waals surface area (Å²) in [5, 5.41) is 0. The van der Waals surface area contributed by atoms with Gasteiger partial charge < -0.3 is 10.5 Å². The number of ether oxygens (including phenoxy) is 1. The second-order valence-electron chi connectivity index (χ2n) is 4.87. The lowest BCUT2D eigenvalue weighted by atomic mass is 9.93. The zero-order chi connectivity index (χ0) is 12.1. The molecule has 0 bridgehead atoms. The summed E-state index contributed by atoms with van der Waals surface area (Å²) in [5.41, 5.74) is 6.25. The van der Waals surface area contributed by atoms with Gasteiger partial charge in [-0.1, -0.05) is 25.7 Å². The average molecular weight is 299 g/mol. The smallest absolute Gasteiger partial charge is 0.136 e. The average Bonchev–Trinajstić information content (AvgIpc) is 2.54. The third-order valence-corrected chi connectivity index (χ3v) is 3.95. The van der Waals surface area contributed by atoms with E-state index in [1.54, 1.807) is 12.4 Å². The van der Waals surface area contributed by atoms with E-state index in [0.29, 0.717) is 6.61 Å². The summed E-state index contributed by atoms with van der Waals surface area (Å²) in [4.78, 5) is 4.01. The Kier molecular flexibility index (Phi) is 4.40. The Morgan fingerprint density at radius 3 is 2.65 bits per heavy atom. The molecule has 1 heterocycles. The molecule has 1 aromatic rings. The van der Waals surface area contributed by atoms with Crippen LogP contribution in [-0.4, -0.2) is 17.1 Å². The molecule has 2 rings (SSSR count). The van der Waals surface area contributed by atoms with Crippen LogP contribution in [0.4, 0.5) is 0 Å². The molecule has 17 heavy (non-hydrogen) atoms. The van der Waals surface area contributed by atoms with Crippen LogP contribution in [-0.2, 0) is 0 Å². The number of pyridine rings is 1. The van der Waals surface area contributed by atoms with Gasteiger partial charge in [0.05, 0.1) is 10.0 Å². The van der Waals surface area contributed by atoms with E-state index in [1.165, 1.54) is 25.7 Å². The first-order valence-corrected chi connectivity index (χ1v) is 7.00. The molecule has 1 aromatic heterocycles. The molecule has 1 aliphatic carbocycles. The number of aromatic nitrogens is 1. The van der Waals surface area contributed by atoms with E-state index in [-0.39, 0.29) is 5.54 Å². The van der Waals surface area contributed by atoms with Crippen molar-refractivity contribution in [1.29, 1.82) is 0 Å². The standard InChI is InChI=1S/C13H19BrN2O/c14-11-9-16-8-5-12(11)17-10-13(15)6-3-1-2-4-7-13/h5,8-9H,1-4,6-7,10,15H2. The molecule has 0 radical (unpaired) electrons. The molecule has 0 spiro atoms. The minimum absolute atomic E-state index is 0.154. The normalized spacial score (nSPS) is 19.6. The van der Waals surface area contributed by atoms with Gasteiger partial charge in [0.15, 0.2) is 0 Å². The summed E-state index contributed by atoms with van der Waals surface area (Å²) < 4.78 is 6.71. The van der Waals surface area contributed by atoms with Crippen molar-refractivity contribution in [2.24, 2.45) is 5.73 Å². The summed E-state index contributed by atoms with van der Waals surface area (Å²) in [5.74, 6) is 0.828. The number of halogens is 1. The highest BCUT2D eigenvalue weighted by Gasteiger charge is 2.27. The fourth-order valence-corrected chi connectivity index (χ4v) is 2.64. The maximum atomic E-state index is 6.40. The quantitative estimate of drug-likeness (QED) is 0.871. The topological polar surface area (TPSA) is 48.1 Å². The number of nitrogens with zero attached hydrogens (tertiary/aromatic N) is 1. The maximum absolute atomic E-state index is 6.40. The molecule has 0 saturated heterocycles. The van der Waals surface area contributed by atoms with Gasteiger partial charge >= 0.3 is 0 Å². The second-order valence-corrected chi connectivity index (χ2v) is 5.73. The number of hydrogen-bond donors (Lipinski definition) is 1. The van der Waals surface area contributed by atoms with Gasteiger partial charge in [0.2, 0.25) is 0 Å². The molecular weight excluding hydrogens is 280 g/mol. The van der Waals surface area contributed by atoms with Crippen molar-refractivity contribution < 1.29 is 4.74 Å². The van der Waals surface area contributed by atoms with E-state index in [0.717, 1.165) is 23.1 Å². The maximum Gasteiger partial charge on any atom is 0.136 e. The summed E-state index contributed by atoms with van der Waals surface area (Å²) in [6.45, 7) is 0.593. The van der Waals surface area contributed by atoms with Crippen LogP contribution in [0.5, 0.6) is 5.75 Å². The van der Waals surface area contributed by atoms with Gasteiger partial charge in [0, 0.05) is 12.4 Å². The SMILES string of the molecule is NC1(COc2ccncc2Br)CCCCCC1. The van der Waals surface area contributed by atoms with Crippen LogP contribution in [0.15, 0.2) is 22.9 Å². The van der Waals surface area contributed by atoms with Gasteiger partial charge in [-0.25, -0.2) is 0 Å². The predicted octanol–water partition coefficient (Wildman–Crippen LogP) is 3.27. The predicted molar refractivity (Wildman–Crippen MR) is 72.1 cm³/mol. The van der Waals surface area contributed by atoms with Crippen molar-refractivity contribution in [2.45, 2.75) is 44.1 Å². The Morgan fingerprint density at radius 2 is 2.00 bits per heavy atom. The summed E-state index contributed by atoms with van der Waals surface area (Å²) >= 11 is 3.43. The van der Waals surface area contributed by atoms with Gasteiger partial charge in [-0.15, -0.1) is 0 Å². The Balaban J connectivity index is 1.94. The Bertz CT molecular complexity index is 362. The van der Waals surface area contributed by atoms with Crippen LogP contribution >= 0.6 is 15.9 Å². The van der Waals surface area contributed by atoms with E-state index < -0.39 is 0 Å². The molecule has 94 valence electrons. The summed E-state index contributed by atoms with van der Waals surface area (Å²) in [6.07, 6.45) is 10.7. The molecular formula is C13H19BrN2O. The monoisotopic (exact) mass is 298 g/mol. The van der Waals surface area contributed by atoms with Crippen molar-refractivity contribution >= 4 is 15.9 Å². The molecule has 0 amide bonds. The lowest BCUT2D eigenvalue weighted by molar-refractivity contribution is 0.198. The van der Waals surface area contributed by atoms with Gasteiger partial charge in [-0.2, -0.15) is 0 Å². The number of rotatable bonds is 3. The fraction of sp³-hybridized carbons (Fsp3) is 0.615. The van der Waals surface area contributed by atoms with Gasteiger partial charge in [-0.3, -0.25) is 4.98 Å². The highest BCUT2D eigenvalue weighted by atomic mass is 79.9. The Labute approximate surface area is 111 Å². The first kappa shape index (κ1) is 12.8. The zero-order valence-corrected chi connectivity index (χ0v) is 11.6. The molecule has 1 fully saturated rings. The lowest BCUT2D eigenvalue weighted by Gasteiger charge is -2.28. The largest absolute Gasteiger partial charge is 0.490 e. The third-order valence-electron chi connectivity index (χ3n) is 3.35. The van der Waals surface area contributed by atoms with Crippen molar-refractivity contribution in [3.8, 4) is 5.75 Å². The van der Waals surface area contributed by atoms with Crippen molar-refractivity contribution in [1.82, 2.24) is 4.98 Å². The van der Waals surface area contributed by atoms with E-state index in [9.17, 15) is 0 Å². The molecule has 1 aliphatic rings. The highest BCUT2D eigenvalue weighted by Crippen LogP contribution is 2.28. The minimum Gasteiger partial charge on any atom is -0.490 e. The molecule has 0 atom stereocenters. The minimum atomic E-state index is -0.154. The van der Waals surface area contributed by atoms with Crippen molar-refractivity contribution in [2.75, 3.05) is 6.61 Å². The molecule has 0 unspecified atom stereocenters. The molecule has 0 aromatic carbocycles. The molecule has 0 aliphatic heterocycles. The first-order chi connectivity index (χ1) is 8.20. The van der Waals surface area contributed by atoms with Crippen LogP contribution in [0, 0.1) is 0 Å². The van der Waals surface area contributed by atoms with Gasteiger partial charge in [0.1, 0.15) is 12.4 Å². The summed E-state index contributed by atoms with van der Waals surface area (Å²) in [6, 6.07) is 1.87. The fourth-order valence-electron chi connectivity index (χ4n) is 2.28. The molecule has 3 nitrogen and oxygen atoms in total. The second kappa shape index (κ2) is 5.83. The van der Waals surface area contributed by atoms with Gasteiger partial charge in [0.25, 0.3) is 0 Å². The van der Waals surface area contributed by atoms with Gasteiger partial charge in [-0.05, 0) is 34.8 Å². The Hall–Kier alpha value is -0.610. The molecule has 2 N–H and O–H groups in total. The lowest BCUT2D eigenvalue weighted by Crippen LogP contribution is -2.45. The van der Waals surface area contributed by atoms with E-state index in [2.05, 4.69) is 20.9 Å². The van der Waals surface area contributed by atoms with Crippen molar-refractivity contribution in [3.05, 3.63) is 22.9 Å². The number of nitrogens with two attached hydrogens (primary N) is 1. The first-order valence-electron chi connectivity index (χ1n) is 6.21. The molecule has 1 saturated carbocycles. The summed E-state index contributed by atoms with van der Waals surface area (Å²) in [7, 11) is 0. The Morgan fingerprint density at radius 1 is 1.29 bits per heavy atom. The van der Waals surface area contributed by atoms with Crippen LogP contribution in [0.3, 0.4) is 0 Å². The highest BCUT2D eigenvalue weighted by molar-refractivity contribution is 9.10.